The largest absolute Gasteiger partial charge is 0.497 e. The minimum Gasteiger partial charge on any atom is -0.497 e. The summed E-state index contributed by atoms with van der Waals surface area (Å²) in [6.07, 6.45) is 0. The molecule has 1 heterocycles. The fourth-order valence-electron chi connectivity index (χ4n) is 1.41. The summed E-state index contributed by atoms with van der Waals surface area (Å²) in [5.74, 6) is 1.93. The third-order valence-corrected chi connectivity index (χ3v) is 2.33. The lowest BCUT2D eigenvalue weighted by Gasteiger charge is -1.99. The lowest BCUT2D eigenvalue weighted by atomic mass is 10.2. The van der Waals surface area contributed by atoms with Gasteiger partial charge in [-0.25, -0.2) is 0 Å². The van der Waals surface area contributed by atoms with Crippen molar-refractivity contribution in [1.82, 2.24) is 15.5 Å². The quantitative estimate of drug-likeness (QED) is 0.854. The van der Waals surface area contributed by atoms with Crippen LogP contribution in [0, 0.1) is 0 Å². The zero-order valence-electron chi connectivity index (χ0n) is 9.93. The second kappa shape index (κ2) is 5.45. The van der Waals surface area contributed by atoms with Crippen LogP contribution < -0.4 is 10.1 Å². The van der Waals surface area contributed by atoms with E-state index in [1.165, 1.54) is 0 Å². The van der Waals surface area contributed by atoms with Gasteiger partial charge in [-0.05, 0) is 30.8 Å². The maximum Gasteiger partial charge on any atom is 0.247 e. The van der Waals surface area contributed by atoms with Crippen LogP contribution in [-0.4, -0.2) is 23.9 Å². The number of nitrogens with one attached hydrogen (secondary N) is 1. The van der Waals surface area contributed by atoms with Crippen LogP contribution in [-0.2, 0) is 6.54 Å². The number of rotatable bonds is 5. The van der Waals surface area contributed by atoms with Gasteiger partial charge in [-0.15, -0.1) is 10.2 Å². The predicted molar refractivity (Wildman–Crippen MR) is 63.7 cm³/mol. The SMILES string of the molecule is CCNCc1nnc(-c2ccc(OC)cc2)o1. The van der Waals surface area contributed by atoms with E-state index in [1.807, 2.05) is 31.2 Å². The van der Waals surface area contributed by atoms with Crippen LogP contribution in [0.3, 0.4) is 0 Å². The van der Waals surface area contributed by atoms with Crippen LogP contribution in [0.15, 0.2) is 28.7 Å². The van der Waals surface area contributed by atoms with Gasteiger partial charge < -0.3 is 14.5 Å². The molecule has 5 nitrogen and oxygen atoms in total. The van der Waals surface area contributed by atoms with Gasteiger partial charge in [-0.1, -0.05) is 6.92 Å². The van der Waals surface area contributed by atoms with Crippen molar-refractivity contribution in [1.29, 1.82) is 0 Å². The van der Waals surface area contributed by atoms with E-state index in [9.17, 15) is 0 Å². The standard InChI is InChI=1S/C12H15N3O2/c1-3-13-8-11-14-15-12(17-11)9-4-6-10(16-2)7-5-9/h4-7,13H,3,8H2,1-2H3. The Kier molecular flexibility index (Phi) is 3.72. The molecular formula is C12H15N3O2. The Hall–Kier alpha value is -1.88. The molecule has 0 amide bonds. The third-order valence-electron chi connectivity index (χ3n) is 2.33. The zero-order valence-corrected chi connectivity index (χ0v) is 9.93. The minimum atomic E-state index is 0.528. The molecule has 0 bridgehead atoms. The predicted octanol–water partition coefficient (Wildman–Crippen LogP) is 1.85. The summed E-state index contributed by atoms with van der Waals surface area (Å²) in [5.41, 5.74) is 0.890. The average Bonchev–Trinajstić information content (AvgIpc) is 2.85. The second-order valence-electron chi connectivity index (χ2n) is 3.51. The fraction of sp³-hybridized carbons (Fsp3) is 0.333. The van der Waals surface area contributed by atoms with Gasteiger partial charge in [-0.2, -0.15) is 0 Å². The van der Waals surface area contributed by atoms with E-state index in [0.29, 0.717) is 18.3 Å². The maximum absolute atomic E-state index is 5.52. The number of ether oxygens (including phenoxy) is 1. The second-order valence-corrected chi connectivity index (χ2v) is 3.51. The monoisotopic (exact) mass is 233 g/mol. The molecule has 1 aromatic carbocycles. The molecule has 2 aromatic rings. The van der Waals surface area contributed by atoms with Crippen molar-refractivity contribution in [2.24, 2.45) is 0 Å². The van der Waals surface area contributed by atoms with Crippen LogP contribution in [0.4, 0.5) is 0 Å². The van der Waals surface area contributed by atoms with Gasteiger partial charge in [0.2, 0.25) is 11.8 Å². The number of aromatic nitrogens is 2. The van der Waals surface area contributed by atoms with E-state index < -0.39 is 0 Å². The lowest BCUT2D eigenvalue weighted by molar-refractivity contribution is 0.415. The molecule has 0 spiro atoms. The van der Waals surface area contributed by atoms with Gasteiger partial charge in [0, 0.05) is 5.56 Å². The number of benzene rings is 1. The van der Waals surface area contributed by atoms with Crippen molar-refractivity contribution >= 4 is 0 Å². The molecule has 5 heteroatoms. The molecule has 17 heavy (non-hydrogen) atoms. The van der Waals surface area contributed by atoms with Gasteiger partial charge in [0.1, 0.15) is 5.75 Å². The summed E-state index contributed by atoms with van der Waals surface area (Å²) in [7, 11) is 1.64. The number of nitrogens with zero attached hydrogens (tertiary/aromatic N) is 2. The Morgan fingerprint density at radius 2 is 2.00 bits per heavy atom. The van der Waals surface area contributed by atoms with Crippen molar-refractivity contribution in [2.75, 3.05) is 13.7 Å². The first-order chi connectivity index (χ1) is 8.33. The molecule has 1 aromatic heterocycles. The van der Waals surface area contributed by atoms with Crippen molar-refractivity contribution in [3.05, 3.63) is 30.2 Å². The number of hydrogen-bond acceptors (Lipinski definition) is 5. The average molecular weight is 233 g/mol. The molecule has 0 atom stereocenters. The number of hydrogen-bond donors (Lipinski definition) is 1. The molecule has 0 aliphatic heterocycles. The van der Waals surface area contributed by atoms with Crippen LogP contribution in [0.25, 0.3) is 11.5 Å². The van der Waals surface area contributed by atoms with Crippen molar-refractivity contribution in [2.45, 2.75) is 13.5 Å². The molecule has 1 N–H and O–H groups in total. The summed E-state index contributed by atoms with van der Waals surface area (Å²) in [6.45, 7) is 3.50. The highest BCUT2D eigenvalue weighted by molar-refractivity contribution is 5.53. The van der Waals surface area contributed by atoms with Gasteiger partial charge >= 0.3 is 0 Å². The van der Waals surface area contributed by atoms with E-state index in [4.69, 9.17) is 9.15 Å². The Bertz CT molecular complexity index is 465. The molecular weight excluding hydrogens is 218 g/mol. The fourth-order valence-corrected chi connectivity index (χ4v) is 1.41. The zero-order chi connectivity index (χ0) is 12.1. The van der Waals surface area contributed by atoms with E-state index in [2.05, 4.69) is 15.5 Å². The summed E-state index contributed by atoms with van der Waals surface area (Å²) in [4.78, 5) is 0. The smallest absolute Gasteiger partial charge is 0.247 e. The summed E-state index contributed by atoms with van der Waals surface area (Å²) >= 11 is 0. The molecule has 0 saturated heterocycles. The first-order valence-corrected chi connectivity index (χ1v) is 5.51. The Labute approximate surface area is 99.8 Å². The van der Waals surface area contributed by atoms with Crippen molar-refractivity contribution in [3.8, 4) is 17.2 Å². The Morgan fingerprint density at radius 1 is 1.24 bits per heavy atom. The van der Waals surface area contributed by atoms with Crippen LogP contribution >= 0.6 is 0 Å². The minimum absolute atomic E-state index is 0.528. The van der Waals surface area contributed by atoms with Crippen molar-refractivity contribution < 1.29 is 9.15 Å². The molecule has 0 fully saturated rings. The number of methoxy groups -OCH3 is 1. The molecule has 90 valence electrons. The molecule has 0 aliphatic rings. The molecule has 0 unspecified atom stereocenters. The summed E-state index contributed by atoms with van der Waals surface area (Å²) < 4.78 is 10.6. The van der Waals surface area contributed by atoms with Crippen LogP contribution in [0.2, 0.25) is 0 Å². The van der Waals surface area contributed by atoms with Gasteiger partial charge in [-0.3, -0.25) is 0 Å². The Balaban J connectivity index is 2.12. The van der Waals surface area contributed by atoms with E-state index in [-0.39, 0.29) is 0 Å². The normalized spacial score (nSPS) is 10.5. The highest BCUT2D eigenvalue weighted by Crippen LogP contribution is 2.20. The van der Waals surface area contributed by atoms with Crippen LogP contribution in [0.5, 0.6) is 5.75 Å². The van der Waals surface area contributed by atoms with E-state index in [0.717, 1.165) is 17.9 Å². The van der Waals surface area contributed by atoms with Gasteiger partial charge in [0.05, 0.1) is 13.7 Å². The first kappa shape index (κ1) is 11.6. The summed E-state index contributed by atoms with van der Waals surface area (Å²) in [6, 6.07) is 7.51. The lowest BCUT2D eigenvalue weighted by Crippen LogP contribution is -2.11. The van der Waals surface area contributed by atoms with E-state index in [1.54, 1.807) is 7.11 Å². The molecule has 2 rings (SSSR count). The van der Waals surface area contributed by atoms with E-state index >= 15 is 0 Å². The highest BCUT2D eigenvalue weighted by Gasteiger charge is 2.07. The Morgan fingerprint density at radius 3 is 2.65 bits per heavy atom. The summed E-state index contributed by atoms with van der Waals surface area (Å²) in [5, 5.41) is 11.1. The molecule has 0 radical (unpaired) electrons. The molecule has 0 saturated carbocycles. The van der Waals surface area contributed by atoms with Gasteiger partial charge in [0.25, 0.3) is 0 Å². The van der Waals surface area contributed by atoms with Crippen LogP contribution in [0.1, 0.15) is 12.8 Å². The third kappa shape index (κ3) is 2.82. The van der Waals surface area contributed by atoms with Gasteiger partial charge in [0.15, 0.2) is 0 Å². The first-order valence-electron chi connectivity index (χ1n) is 5.51. The molecule has 0 aliphatic carbocycles. The topological polar surface area (TPSA) is 60.2 Å². The van der Waals surface area contributed by atoms with Crippen molar-refractivity contribution in [3.63, 3.8) is 0 Å². The maximum atomic E-state index is 5.52. The highest BCUT2D eigenvalue weighted by atomic mass is 16.5.